The molecule has 1 aromatic heterocycles. The average Bonchev–Trinajstić information content (AvgIpc) is 3.05. The fourth-order valence-corrected chi connectivity index (χ4v) is 3.44. The molecule has 0 amide bonds. The van der Waals surface area contributed by atoms with Gasteiger partial charge in [-0.25, -0.2) is 0 Å². The van der Waals surface area contributed by atoms with Crippen molar-refractivity contribution in [3.05, 3.63) is 51.9 Å². The molecule has 0 saturated carbocycles. The van der Waals surface area contributed by atoms with Crippen LogP contribution in [0.1, 0.15) is 31.4 Å². The van der Waals surface area contributed by atoms with Crippen molar-refractivity contribution in [2.75, 3.05) is 6.61 Å². The SMILES string of the molecule is CC1(C)CCc2cc(OC[C@@H]3Cn4ccc(=O)nc4O3)ccc21. The largest absolute Gasteiger partial charge is 0.490 e. The first-order chi connectivity index (χ1) is 11.0. The molecule has 1 aromatic carbocycles. The molecule has 1 aliphatic carbocycles. The number of hydrogen-bond donors (Lipinski definition) is 0. The van der Waals surface area contributed by atoms with Gasteiger partial charge >= 0.3 is 0 Å². The van der Waals surface area contributed by atoms with Crippen LogP contribution in [0.4, 0.5) is 0 Å². The van der Waals surface area contributed by atoms with Gasteiger partial charge < -0.3 is 9.47 Å². The Kier molecular flexibility index (Phi) is 3.18. The molecule has 0 spiro atoms. The van der Waals surface area contributed by atoms with Gasteiger partial charge in [-0.05, 0) is 41.5 Å². The third-order valence-electron chi connectivity index (χ3n) is 4.78. The Balaban J connectivity index is 1.42. The van der Waals surface area contributed by atoms with Crippen LogP contribution in [-0.2, 0) is 18.4 Å². The van der Waals surface area contributed by atoms with E-state index in [4.69, 9.17) is 9.47 Å². The maximum Gasteiger partial charge on any atom is 0.300 e. The van der Waals surface area contributed by atoms with E-state index < -0.39 is 0 Å². The van der Waals surface area contributed by atoms with E-state index in [-0.39, 0.29) is 17.1 Å². The van der Waals surface area contributed by atoms with E-state index in [0.29, 0.717) is 19.2 Å². The molecule has 2 aromatic rings. The maximum atomic E-state index is 11.2. The third-order valence-corrected chi connectivity index (χ3v) is 4.78. The minimum absolute atomic E-state index is 0.117. The number of benzene rings is 1. The Morgan fingerprint density at radius 1 is 1.39 bits per heavy atom. The number of aryl methyl sites for hydroxylation is 1. The van der Waals surface area contributed by atoms with Gasteiger partial charge in [0, 0.05) is 12.3 Å². The van der Waals surface area contributed by atoms with E-state index >= 15 is 0 Å². The predicted molar refractivity (Wildman–Crippen MR) is 86.2 cm³/mol. The second kappa shape index (κ2) is 5.11. The zero-order valence-electron chi connectivity index (χ0n) is 13.4. The number of nitrogens with zero attached hydrogens (tertiary/aromatic N) is 2. The average molecular weight is 312 g/mol. The molecule has 5 nitrogen and oxygen atoms in total. The van der Waals surface area contributed by atoms with Crippen molar-refractivity contribution in [1.29, 1.82) is 0 Å². The highest BCUT2D eigenvalue weighted by Gasteiger charge is 2.30. The van der Waals surface area contributed by atoms with Crippen LogP contribution >= 0.6 is 0 Å². The normalized spacial score (nSPS) is 20.7. The van der Waals surface area contributed by atoms with Gasteiger partial charge in [0.25, 0.3) is 11.6 Å². The summed E-state index contributed by atoms with van der Waals surface area (Å²) in [5.41, 5.74) is 2.80. The first-order valence-electron chi connectivity index (χ1n) is 8.02. The Morgan fingerprint density at radius 2 is 2.26 bits per heavy atom. The molecule has 1 atom stereocenters. The monoisotopic (exact) mass is 312 g/mol. The van der Waals surface area contributed by atoms with E-state index in [9.17, 15) is 4.79 Å². The number of hydrogen-bond acceptors (Lipinski definition) is 4. The number of rotatable bonds is 3. The highest BCUT2D eigenvalue weighted by Crippen LogP contribution is 2.39. The van der Waals surface area contributed by atoms with Crippen LogP contribution in [0.5, 0.6) is 11.8 Å². The predicted octanol–water partition coefficient (Wildman–Crippen LogP) is 2.31. The molecule has 0 saturated heterocycles. The van der Waals surface area contributed by atoms with Gasteiger partial charge in [-0.1, -0.05) is 19.9 Å². The van der Waals surface area contributed by atoms with Gasteiger partial charge in [0.15, 0.2) is 6.10 Å². The van der Waals surface area contributed by atoms with E-state index in [2.05, 4.69) is 31.0 Å². The molecule has 2 heterocycles. The molecule has 0 radical (unpaired) electrons. The summed E-state index contributed by atoms with van der Waals surface area (Å²) in [6, 6.07) is 8.18. The molecule has 2 aliphatic rings. The van der Waals surface area contributed by atoms with Crippen molar-refractivity contribution in [2.45, 2.75) is 44.8 Å². The summed E-state index contributed by atoms with van der Waals surface area (Å²) >= 11 is 0. The summed E-state index contributed by atoms with van der Waals surface area (Å²) < 4.78 is 13.4. The molecule has 23 heavy (non-hydrogen) atoms. The van der Waals surface area contributed by atoms with Gasteiger partial charge in [0.05, 0.1) is 6.54 Å². The van der Waals surface area contributed by atoms with Crippen LogP contribution < -0.4 is 15.0 Å². The Bertz CT molecular complexity index is 810. The minimum Gasteiger partial charge on any atom is -0.490 e. The highest BCUT2D eigenvalue weighted by molar-refractivity contribution is 5.43. The molecule has 0 N–H and O–H groups in total. The van der Waals surface area contributed by atoms with Crippen LogP contribution in [0.3, 0.4) is 0 Å². The summed E-state index contributed by atoms with van der Waals surface area (Å²) in [6.45, 7) is 5.68. The standard InChI is InChI=1S/C18H20N2O3/c1-18(2)7-5-12-9-13(3-4-15(12)18)22-11-14-10-20-8-6-16(21)19-17(20)23-14/h3-4,6,8-9,14H,5,7,10-11H2,1-2H3/t14-/m0/s1. The summed E-state index contributed by atoms with van der Waals surface area (Å²) in [6.07, 6.45) is 3.89. The molecular weight excluding hydrogens is 292 g/mol. The fourth-order valence-electron chi connectivity index (χ4n) is 3.44. The van der Waals surface area contributed by atoms with Gasteiger partial charge in [0.2, 0.25) is 0 Å². The Morgan fingerprint density at radius 3 is 3.13 bits per heavy atom. The number of aromatic nitrogens is 2. The molecule has 0 unspecified atom stereocenters. The van der Waals surface area contributed by atoms with E-state index in [1.807, 2.05) is 10.6 Å². The van der Waals surface area contributed by atoms with E-state index in [0.717, 1.165) is 12.2 Å². The first-order valence-corrected chi connectivity index (χ1v) is 8.02. The lowest BCUT2D eigenvalue weighted by Crippen LogP contribution is -2.23. The van der Waals surface area contributed by atoms with Crippen molar-refractivity contribution < 1.29 is 9.47 Å². The second-order valence-electron chi connectivity index (χ2n) is 6.95. The topological polar surface area (TPSA) is 53.4 Å². The molecule has 5 heteroatoms. The minimum atomic E-state index is -0.279. The van der Waals surface area contributed by atoms with Crippen LogP contribution in [0.2, 0.25) is 0 Å². The Labute approximate surface area is 134 Å². The van der Waals surface area contributed by atoms with Crippen molar-refractivity contribution >= 4 is 0 Å². The molecule has 120 valence electrons. The quantitative estimate of drug-likeness (QED) is 0.873. The molecule has 0 fully saturated rings. The van der Waals surface area contributed by atoms with Crippen molar-refractivity contribution in [2.24, 2.45) is 0 Å². The summed E-state index contributed by atoms with van der Waals surface area (Å²) in [4.78, 5) is 15.1. The van der Waals surface area contributed by atoms with Crippen LogP contribution in [0.15, 0.2) is 35.3 Å². The van der Waals surface area contributed by atoms with Crippen LogP contribution in [-0.4, -0.2) is 22.3 Å². The van der Waals surface area contributed by atoms with Gasteiger partial charge in [-0.15, -0.1) is 0 Å². The number of ether oxygens (including phenoxy) is 2. The zero-order valence-corrected chi connectivity index (χ0v) is 13.4. The number of fused-ring (bicyclic) bond motifs is 2. The third kappa shape index (κ3) is 2.60. The smallest absolute Gasteiger partial charge is 0.300 e. The lowest BCUT2D eigenvalue weighted by molar-refractivity contribution is 0.143. The fraction of sp³-hybridized carbons (Fsp3) is 0.444. The van der Waals surface area contributed by atoms with Crippen LogP contribution in [0.25, 0.3) is 0 Å². The van der Waals surface area contributed by atoms with Gasteiger partial charge in [-0.2, -0.15) is 4.98 Å². The molecule has 4 rings (SSSR count). The Hall–Kier alpha value is -2.30. The van der Waals surface area contributed by atoms with E-state index in [1.165, 1.54) is 23.6 Å². The van der Waals surface area contributed by atoms with Crippen molar-refractivity contribution in [3.8, 4) is 11.8 Å². The maximum absolute atomic E-state index is 11.2. The lowest BCUT2D eigenvalue weighted by Gasteiger charge is -2.19. The highest BCUT2D eigenvalue weighted by atomic mass is 16.6. The van der Waals surface area contributed by atoms with E-state index in [1.54, 1.807) is 6.20 Å². The second-order valence-corrected chi connectivity index (χ2v) is 6.95. The van der Waals surface area contributed by atoms with Crippen molar-refractivity contribution in [1.82, 2.24) is 9.55 Å². The molecule has 1 aliphatic heterocycles. The lowest BCUT2D eigenvalue weighted by atomic mass is 9.87. The van der Waals surface area contributed by atoms with Crippen molar-refractivity contribution in [3.63, 3.8) is 0 Å². The van der Waals surface area contributed by atoms with Gasteiger partial charge in [-0.3, -0.25) is 9.36 Å². The molecular formula is C18H20N2O3. The summed E-state index contributed by atoms with van der Waals surface area (Å²) in [5.74, 6) is 0.878. The van der Waals surface area contributed by atoms with Gasteiger partial charge in [0.1, 0.15) is 12.4 Å². The summed E-state index contributed by atoms with van der Waals surface area (Å²) in [7, 11) is 0. The van der Waals surface area contributed by atoms with Crippen LogP contribution in [0, 0.1) is 0 Å². The summed E-state index contributed by atoms with van der Waals surface area (Å²) in [5, 5.41) is 0. The zero-order chi connectivity index (χ0) is 16.0. The first kappa shape index (κ1) is 14.3. The molecule has 0 bridgehead atoms.